The van der Waals surface area contributed by atoms with Crippen LogP contribution in [0.3, 0.4) is 0 Å². The first-order valence-corrected chi connectivity index (χ1v) is 14.9. The van der Waals surface area contributed by atoms with E-state index >= 15 is 0 Å². The van der Waals surface area contributed by atoms with Gasteiger partial charge in [-0.3, -0.25) is 9.48 Å². The molecule has 0 amide bonds. The molecule has 2 N–H and O–H groups in total. The Morgan fingerprint density at radius 3 is 2.51 bits per heavy atom. The maximum absolute atomic E-state index is 12.8. The number of piperidine rings is 1. The van der Waals surface area contributed by atoms with Crippen molar-refractivity contribution in [3.63, 3.8) is 0 Å². The van der Waals surface area contributed by atoms with Gasteiger partial charge in [0, 0.05) is 55.5 Å². The molecule has 2 aliphatic rings. The van der Waals surface area contributed by atoms with Gasteiger partial charge in [-0.15, -0.1) is 0 Å². The van der Waals surface area contributed by atoms with Crippen molar-refractivity contribution >= 4 is 38.0 Å². The lowest BCUT2D eigenvalue weighted by Crippen LogP contribution is -2.38. The molecule has 6 rings (SSSR count). The van der Waals surface area contributed by atoms with E-state index < -0.39 is 10.0 Å². The monoisotopic (exact) mass is 549 g/mol. The summed E-state index contributed by atoms with van der Waals surface area (Å²) in [5.41, 5.74) is 3.26. The molecule has 0 radical (unpaired) electrons. The number of ether oxygens (including phenoxy) is 1. The summed E-state index contributed by atoms with van der Waals surface area (Å²) in [4.78, 5) is 22.7. The Morgan fingerprint density at radius 2 is 1.79 bits per heavy atom. The van der Waals surface area contributed by atoms with E-state index in [2.05, 4.69) is 32.4 Å². The van der Waals surface area contributed by atoms with E-state index in [9.17, 15) is 13.2 Å². The molecular formula is C27H31N7O4S. The van der Waals surface area contributed by atoms with Crippen molar-refractivity contribution in [3.05, 3.63) is 65.3 Å². The van der Waals surface area contributed by atoms with E-state index in [4.69, 9.17) is 9.72 Å². The number of rotatable bonds is 6. The highest BCUT2D eigenvalue weighted by molar-refractivity contribution is 7.88. The lowest BCUT2D eigenvalue weighted by Gasteiger charge is -2.30. The van der Waals surface area contributed by atoms with E-state index in [0.717, 1.165) is 48.6 Å². The van der Waals surface area contributed by atoms with Crippen molar-refractivity contribution < 1.29 is 13.2 Å². The second-order valence-corrected chi connectivity index (χ2v) is 12.0. The molecule has 5 heterocycles. The normalized spacial score (nSPS) is 17.5. The van der Waals surface area contributed by atoms with Crippen LogP contribution in [0.15, 0.2) is 59.8 Å². The Hall–Kier alpha value is -3.74. The molecule has 1 aromatic carbocycles. The fourth-order valence-corrected chi connectivity index (χ4v) is 6.15. The van der Waals surface area contributed by atoms with Gasteiger partial charge in [-0.05, 0) is 54.6 Å². The fourth-order valence-electron chi connectivity index (χ4n) is 5.27. The Labute approximate surface area is 226 Å². The number of morpholine rings is 1. The van der Waals surface area contributed by atoms with E-state index in [0.29, 0.717) is 42.8 Å². The highest BCUT2D eigenvalue weighted by Crippen LogP contribution is 2.30. The number of H-pyrrole nitrogens is 1. The maximum Gasteiger partial charge on any atom is 0.259 e. The summed E-state index contributed by atoms with van der Waals surface area (Å²) in [6.45, 7) is 4.13. The molecule has 4 aromatic rings. The fraction of sp³-hybridized carbons (Fsp3) is 0.370. The number of sulfonamides is 1. The van der Waals surface area contributed by atoms with Crippen LogP contribution in [0.5, 0.6) is 0 Å². The summed E-state index contributed by atoms with van der Waals surface area (Å²) >= 11 is 0. The van der Waals surface area contributed by atoms with Gasteiger partial charge in [0.15, 0.2) is 0 Å². The predicted octanol–water partition coefficient (Wildman–Crippen LogP) is 2.96. The first kappa shape index (κ1) is 25.5. The third-order valence-corrected chi connectivity index (χ3v) is 8.73. The van der Waals surface area contributed by atoms with Gasteiger partial charge in [0.05, 0.1) is 42.8 Å². The van der Waals surface area contributed by atoms with Crippen LogP contribution < -0.4 is 15.8 Å². The van der Waals surface area contributed by atoms with Crippen molar-refractivity contribution in [3.8, 4) is 11.3 Å². The number of nitrogens with one attached hydrogen (secondary N) is 2. The van der Waals surface area contributed by atoms with E-state index in [1.54, 1.807) is 12.4 Å². The second-order valence-electron chi connectivity index (χ2n) is 10.0. The summed E-state index contributed by atoms with van der Waals surface area (Å²) in [5.74, 6) is 0.470. The predicted molar refractivity (Wildman–Crippen MR) is 151 cm³/mol. The molecule has 39 heavy (non-hydrogen) atoms. The minimum atomic E-state index is -3.18. The molecule has 0 atom stereocenters. The number of hydrogen-bond acceptors (Lipinski definition) is 8. The van der Waals surface area contributed by atoms with Crippen molar-refractivity contribution in [2.75, 3.05) is 55.9 Å². The van der Waals surface area contributed by atoms with Crippen LogP contribution in [0.2, 0.25) is 0 Å². The minimum absolute atomic E-state index is 0.114. The third-order valence-electron chi connectivity index (χ3n) is 7.42. The molecular weight excluding hydrogens is 518 g/mol. The van der Waals surface area contributed by atoms with Crippen LogP contribution in [0, 0.1) is 0 Å². The number of nitrogens with zero attached hydrogens (tertiary/aromatic N) is 5. The smallest absolute Gasteiger partial charge is 0.259 e. The van der Waals surface area contributed by atoms with Gasteiger partial charge >= 0.3 is 0 Å². The molecule has 2 aliphatic heterocycles. The third kappa shape index (κ3) is 5.40. The molecule has 0 spiro atoms. The highest BCUT2D eigenvalue weighted by atomic mass is 32.2. The lowest BCUT2D eigenvalue weighted by atomic mass is 10.1. The minimum Gasteiger partial charge on any atom is -0.378 e. The molecule has 2 fully saturated rings. The molecule has 204 valence electrons. The lowest BCUT2D eigenvalue weighted by molar-refractivity contribution is 0.122. The summed E-state index contributed by atoms with van der Waals surface area (Å²) < 4.78 is 32.6. The largest absolute Gasteiger partial charge is 0.378 e. The molecule has 0 aliphatic carbocycles. The Morgan fingerprint density at radius 1 is 1.05 bits per heavy atom. The number of fused-ring (bicyclic) bond motifs is 1. The first-order chi connectivity index (χ1) is 18.8. The van der Waals surface area contributed by atoms with Gasteiger partial charge in [0.25, 0.3) is 5.56 Å². The van der Waals surface area contributed by atoms with Crippen LogP contribution >= 0.6 is 0 Å². The van der Waals surface area contributed by atoms with Crippen molar-refractivity contribution in [1.82, 2.24) is 24.1 Å². The Balaban J connectivity index is 1.27. The SMILES string of the molecule is CS(=O)(=O)N1CCC(n2cc(-c3cc4cc[nH]c(=O)c4c(Nc4ccc(N5CCOCC5)cc4)n3)cn2)CC1. The van der Waals surface area contributed by atoms with Crippen LogP contribution in [0.4, 0.5) is 17.2 Å². The summed E-state index contributed by atoms with van der Waals surface area (Å²) in [7, 11) is -3.18. The van der Waals surface area contributed by atoms with E-state index in [1.807, 2.05) is 35.1 Å². The zero-order chi connectivity index (χ0) is 27.0. The molecule has 2 saturated heterocycles. The molecule has 11 nitrogen and oxygen atoms in total. The van der Waals surface area contributed by atoms with Gasteiger partial charge in [-0.25, -0.2) is 17.7 Å². The summed E-state index contributed by atoms with van der Waals surface area (Å²) in [6, 6.07) is 12.0. The zero-order valence-corrected chi connectivity index (χ0v) is 22.5. The van der Waals surface area contributed by atoms with Crippen molar-refractivity contribution in [2.45, 2.75) is 18.9 Å². The summed E-state index contributed by atoms with van der Waals surface area (Å²) in [6.07, 6.45) is 7.99. The average molecular weight is 550 g/mol. The van der Waals surface area contributed by atoms with Crippen molar-refractivity contribution in [2.24, 2.45) is 0 Å². The number of pyridine rings is 2. The molecule has 12 heteroatoms. The first-order valence-electron chi connectivity index (χ1n) is 13.1. The van der Waals surface area contributed by atoms with Gasteiger partial charge < -0.3 is 19.9 Å². The topological polar surface area (TPSA) is 125 Å². The number of benzene rings is 1. The van der Waals surface area contributed by atoms with Gasteiger partial charge in [0.1, 0.15) is 5.82 Å². The van der Waals surface area contributed by atoms with E-state index in [-0.39, 0.29) is 11.6 Å². The maximum atomic E-state index is 12.8. The van der Waals surface area contributed by atoms with Gasteiger partial charge in [-0.2, -0.15) is 5.10 Å². The number of anilines is 3. The van der Waals surface area contributed by atoms with Gasteiger partial charge in [-0.1, -0.05) is 0 Å². The molecule has 3 aromatic heterocycles. The Kier molecular flexibility index (Phi) is 6.83. The van der Waals surface area contributed by atoms with Crippen molar-refractivity contribution in [1.29, 1.82) is 0 Å². The molecule has 0 bridgehead atoms. The quantitative estimate of drug-likeness (QED) is 0.376. The van der Waals surface area contributed by atoms with Crippen LogP contribution in [-0.2, 0) is 14.8 Å². The standard InChI is InChI=1S/C27H31N7O4S/c1-39(36,37)33-10-7-23(8-11-33)34-18-20(17-29-34)24-16-19-6-9-28-27(35)25(19)26(31-24)30-21-2-4-22(5-3-21)32-12-14-38-15-13-32/h2-6,9,16-18,23H,7-8,10-15H2,1H3,(H,28,35)(H,30,31). The molecule has 0 saturated carbocycles. The molecule has 0 unspecified atom stereocenters. The van der Waals surface area contributed by atoms with Crippen LogP contribution in [0.25, 0.3) is 22.0 Å². The van der Waals surface area contributed by atoms with Crippen LogP contribution in [-0.4, -0.2) is 78.1 Å². The Bertz CT molecular complexity index is 1630. The summed E-state index contributed by atoms with van der Waals surface area (Å²) in [5, 5.41) is 9.18. The van der Waals surface area contributed by atoms with Gasteiger partial charge in [0.2, 0.25) is 10.0 Å². The zero-order valence-electron chi connectivity index (χ0n) is 21.7. The number of aromatic amines is 1. The number of hydrogen-bond donors (Lipinski definition) is 2. The van der Waals surface area contributed by atoms with Crippen LogP contribution in [0.1, 0.15) is 18.9 Å². The number of aromatic nitrogens is 4. The average Bonchev–Trinajstić information content (AvgIpc) is 3.44. The highest BCUT2D eigenvalue weighted by Gasteiger charge is 2.26. The van der Waals surface area contributed by atoms with E-state index in [1.165, 1.54) is 10.6 Å². The second kappa shape index (κ2) is 10.4.